The van der Waals surface area contributed by atoms with Crippen molar-refractivity contribution in [2.24, 2.45) is 0 Å². The Balaban J connectivity index is 1.89. The SMILES string of the molecule is CCCCc1cc2c(CCCC)c(OCC3CO3)c(CCCC)cc2c(CCCC)c1OCC1CO1. The molecule has 0 bridgehead atoms. The van der Waals surface area contributed by atoms with E-state index in [-0.39, 0.29) is 12.2 Å². The second kappa shape index (κ2) is 13.7. The molecule has 0 spiro atoms. The maximum absolute atomic E-state index is 6.58. The smallest absolute Gasteiger partial charge is 0.126 e. The van der Waals surface area contributed by atoms with Crippen LogP contribution < -0.4 is 9.47 Å². The van der Waals surface area contributed by atoms with Crippen LogP contribution in [-0.2, 0) is 35.2 Å². The lowest BCUT2D eigenvalue weighted by Gasteiger charge is -2.24. The second-order valence-electron chi connectivity index (χ2n) is 10.7. The van der Waals surface area contributed by atoms with E-state index in [0.29, 0.717) is 13.2 Å². The predicted octanol–water partition coefficient (Wildman–Crippen LogP) is 7.77. The fraction of sp³-hybridized carbons (Fsp3) is 0.688. The zero-order chi connectivity index (χ0) is 25.3. The molecule has 36 heavy (non-hydrogen) atoms. The molecule has 2 aromatic rings. The van der Waals surface area contributed by atoms with Crippen LogP contribution in [-0.4, -0.2) is 38.6 Å². The Labute approximate surface area is 219 Å². The van der Waals surface area contributed by atoms with E-state index < -0.39 is 0 Å². The highest BCUT2D eigenvalue weighted by Crippen LogP contribution is 2.42. The molecule has 0 saturated carbocycles. The predicted molar refractivity (Wildman–Crippen MR) is 149 cm³/mol. The summed E-state index contributed by atoms with van der Waals surface area (Å²) < 4.78 is 24.2. The summed E-state index contributed by atoms with van der Waals surface area (Å²) in [5, 5.41) is 2.78. The molecule has 0 N–H and O–H groups in total. The third-order valence-corrected chi connectivity index (χ3v) is 7.50. The molecule has 0 amide bonds. The normalized spacial score (nSPS) is 18.6. The molecule has 4 heteroatoms. The van der Waals surface area contributed by atoms with Crippen molar-refractivity contribution in [1.29, 1.82) is 0 Å². The zero-order valence-electron chi connectivity index (χ0n) is 23.3. The first-order valence-electron chi connectivity index (χ1n) is 14.8. The standard InChI is InChI=1S/C32H48O4/c1-5-9-13-23-17-29-28(16-12-8-4)32(36-22-26-20-34-26)24(14-10-6-2)18-30(29)27(15-11-7-3)31(23)35-21-25-19-33-25/h17-18,25-26H,5-16,19-22H2,1-4H3. The maximum Gasteiger partial charge on any atom is 0.126 e. The van der Waals surface area contributed by atoms with Crippen LogP contribution in [0.1, 0.15) is 101 Å². The van der Waals surface area contributed by atoms with Gasteiger partial charge >= 0.3 is 0 Å². The van der Waals surface area contributed by atoms with Gasteiger partial charge in [0.1, 0.15) is 36.9 Å². The Morgan fingerprint density at radius 3 is 1.31 bits per heavy atom. The van der Waals surface area contributed by atoms with Crippen molar-refractivity contribution in [2.75, 3.05) is 26.4 Å². The lowest BCUT2D eigenvalue weighted by molar-refractivity contribution is 0.258. The van der Waals surface area contributed by atoms with Gasteiger partial charge < -0.3 is 18.9 Å². The first-order chi connectivity index (χ1) is 17.7. The Morgan fingerprint density at radius 1 is 0.611 bits per heavy atom. The van der Waals surface area contributed by atoms with Gasteiger partial charge in [-0.25, -0.2) is 0 Å². The van der Waals surface area contributed by atoms with Crippen LogP contribution >= 0.6 is 0 Å². The summed E-state index contributed by atoms with van der Waals surface area (Å²) >= 11 is 0. The van der Waals surface area contributed by atoms with Gasteiger partial charge in [0.15, 0.2) is 0 Å². The second-order valence-corrected chi connectivity index (χ2v) is 10.7. The first kappa shape index (κ1) is 27.3. The van der Waals surface area contributed by atoms with Gasteiger partial charge in [-0.3, -0.25) is 0 Å². The van der Waals surface area contributed by atoms with Crippen molar-refractivity contribution in [3.63, 3.8) is 0 Å². The number of epoxide rings is 2. The molecule has 2 saturated heterocycles. The van der Waals surface area contributed by atoms with Gasteiger partial charge in [-0.1, -0.05) is 53.4 Å². The number of hydrogen-bond donors (Lipinski definition) is 0. The van der Waals surface area contributed by atoms with Crippen LogP contribution in [0.2, 0.25) is 0 Å². The van der Waals surface area contributed by atoms with Gasteiger partial charge in [-0.05, 0) is 85.4 Å². The number of hydrogen-bond acceptors (Lipinski definition) is 4. The minimum absolute atomic E-state index is 0.263. The van der Waals surface area contributed by atoms with E-state index in [4.69, 9.17) is 18.9 Å². The lowest BCUT2D eigenvalue weighted by Crippen LogP contribution is -2.12. The van der Waals surface area contributed by atoms with Crippen molar-refractivity contribution < 1.29 is 18.9 Å². The highest BCUT2D eigenvalue weighted by Gasteiger charge is 2.27. The monoisotopic (exact) mass is 496 g/mol. The molecule has 4 rings (SSSR count). The largest absolute Gasteiger partial charge is 0.490 e. The Morgan fingerprint density at radius 2 is 0.972 bits per heavy atom. The maximum atomic E-state index is 6.58. The first-order valence-corrected chi connectivity index (χ1v) is 14.8. The van der Waals surface area contributed by atoms with Crippen molar-refractivity contribution in [1.82, 2.24) is 0 Å². The van der Waals surface area contributed by atoms with Crippen molar-refractivity contribution in [3.05, 3.63) is 34.4 Å². The average molecular weight is 497 g/mol. The van der Waals surface area contributed by atoms with E-state index >= 15 is 0 Å². The molecule has 2 aliphatic heterocycles. The topological polar surface area (TPSA) is 43.5 Å². The van der Waals surface area contributed by atoms with Crippen LogP contribution in [0.3, 0.4) is 0 Å². The summed E-state index contributed by atoms with van der Waals surface area (Å²) in [7, 11) is 0. The minimum Gasteiger partial charge on any atom is -0.490 e. The Kier molecular flexibility index (Phi) is 10.4. The van der Waals surface area contributed by atoms with E-state index in [1.165, 1.54) is 84.4 Å². The van der Waals surface area contributed by atoms with Gasteiger partial charge in [0.25, 0.3) is 0 Å². The summed E-state index contributed by atoms with van der Waals surface area (Å²) in [6, 6.07) is 4.91. The van der Waals surface area contributed by atoms with E-state index in [9.17, 15) is 0 Å². The van der Waals surface area contributed by atoms with Crippen LogP contribution in [0.15, 0.2) is 12.1 Å². The molecule has 2 aromatic carbocycles. The molecule has 2 aliphatic rings. The molecular weight excluding hydrogens is 448 g/mol. The average Bonchev–Trinajstić information content (AvgIpc) is 3.81. The van der Waals surface area contributed by atoms with Gasteiger partial charge in [0.05, 0.1) is 13.2 Å². The van der Waals surface area contributed by atoms with E-state index in [0.717, 1.165) is 50.4 Å². The minimum atomic E-state index is 0.263. The van der Waals surface area contributed by atoms with Crippen molar-refractivity contribution in [3.8, 4) is 11.5 Å². The number of benzene rings is 2. The van der Waals surface area contributed by atoms with Gasteiger partial charge in [0.2, 0.25) is 0 Å². The summed E-state index contributed by atoms with van der Waals surface area (Å²) in [5.41, 5.74) is 5.56. The number of aryl methyl sites for hydroxylation is 4. The third kappa shape index (κ3) is 7.16. The molecule has 0 radical (unpaired) electrons. The lowest BCUT2D eigenvalue weighted by atomic mass is 9.87. The van der Waals surface area contributed by atoms with E-state index in [1.54, 1.807) is 0 Å². The fourth-order valence-corrected chi connectivity index (χ4v) is 5.12. The highest BCUT2D eigenvalue weighted by atomic mass is 16.6. The molecule has 2 fully saturated rings. The number of fused-ring (bicyclic) bond motifs is 1. The summed E-state index contributed by atoms with van der Waals surface area (Å²) in [6.07, 6.45) is 14.2. The fourth-order valence-electron chi connectivity index (χ4n) is 5.12. The quantitative estimate of drug-likeness (QED) is 0.198. The molecule has 0 aromatic heterocycles. The van der Waals surface area contributed by atoms with Crippen molar-refractivity contribution >= 4 is 10.8 Å². The van der Waals surface area contributed by atoms with E-state index in [1.807, 2.05) is 0 Å². The summed E-state index contributed by atoms with van der Waals surface area (Å²) in [4.78, 5) is 0. The number of unbranched alkanes of at least 4 members (excludes halogenated alkanes) is 4. The molecular formula is C32H48O4. The molecule has 0 aliphatic carbocycles. The van der Waals surface area contributed by atoms with Crippen LogP contribution in [0, 0.1) is 0 Å². The number of ether oxygens (including phenoxy) is 4. The summed E-state index contributed by atoms with van der Waals surface area (Å²) in [5.74, 6) is 2.28. The molecule has 4 nitrogen and oxygen atoms in total. The number of rotatable bonds is 18. The van der Waals surface area contributed by atoms with Gasteiger partial charge in [-0.2, -0.15) is 0 Å². The molecule has 2 unspecified atom stereocenters. The van der Waals surface area contributed by atoms with Crippen LogP contribution in [0.4, 0.5) is 0 Å². The van der Waals surface area contributed by atoms with E-state index in [2.05, 4.69) is 39.8 Å². The highest BCUT2D eigenvalue weighted by molar-refractivity contribution is 5.94. The Hall–Kier alpha value is -1.78. The molecule has 2 atom stereocenters. The third-order valence-electron chi connectivity index (χ3n) is 7.50. The summed E-state index contributed by atoms with van der Waals surface area (Å²) in [6.45, 7) is 12.1. The van der Waals surface area contributed by atoms with Crippen molar-refractivity contribution in [2.45, 2.75) is 117 Å². The molecule has 2 heterocycles. The zero-order valence-corrected chi connectivity index (χ0v) is 23.3. The van der Waals surface area contributed by atoms with Gasteiger partial charge in [0, 0.05) is 11.1 Å². The molecule has 200 valence electrons. The Bertz CT molecular complexity index is 895. The van der Waals surface area contributed by atoms with Crippen LogP contribution in [0.5, 0.6) is 11.5 Å². The van der Waals surface area contributed by atoms with Gasteiger partial charge in [-0.15, -0.1) is 0 Å². The van der Waals surface area contributed by atoms with Crippen LogP contribution in [0.25, 0.3) is 10.8 Å².